The van der Waals surface area contributed by atoms with Gasteiger partial charge < -0.3 is 14.4 Å². The van der Waals surface area contributed by atoms with Gasteiger partial charge in [-0.15, -0.1) is 0 Å². The number of fused-ring (bicyclic) bond motifs is 11. The molecule has 0 aliphatic carbocycles. The molecule has 0 saturated heterocycles. The molecule has 4 heterocycles. The smallest absolute Gasteiger partial charge is 0.252 e. The van der Waals surface area contributed by atoms with Crippen LogP contribution in [-0.4, -0.2) is 18.0 Å². The minimum absolute atomic E-state index is 0.0212. The highest BCUT2D eigenvalue weighted by Crippen LogP contribution is 2.45. The second kappa shape index (κ2) is 11.6. The lowest BCUT2D eigenvalue weighted by Gasteiger charge is -2.47. The number of hydrogen-bond acceptors (Lipinski definition) is 2. The molecular formula is C52H33B2N3. The van der Waals surface area contributed by atoms with Crippen molar-refractivity contribution in [3.63, 3.8) is 0 Å². The molecule has 3 nitrogen and oxygen atoms in total. The maximum absolute atomic E-state index is 2.59. The van der Waals surface area contributed by atoms with Gasteiger partial charge in [-0.05, 0) is 98.8 Å². The highest BCUT2D eigenvalue weighted by molar-refractivity contribution is 7.03. The Kier molecular flexibility index (Phi) is 6.34. The monoisotopic (exact) mass is 721 g/mol. The molecular weight excluding hydrogens is 688 g/mol. The molecule has 0 radical (unpaired) electrons. The van der Waals surface area contributed by atoms with Gasteiger partial charge in [0.25, 0.3) is 6.71 Å². The first-order valence-electron chi connectivity index (χ1n) is 19.9. The Hall–Kier alpha value is -7.23. The van der Waals surface area contributed by atoms with Crippen molar-refractivity contribution in [2.75, 3.05) is 9.80 Å². The molecule has 0 bridgehead atoms. The van der Waals surface area contributed by atoms with Crippen LogP contribution in [0.15, 0.2) is 200 Å². The third-order valence-corrected chi connectivity index (χ3v) is 12.8. The number of para-hydroxylation sites is 4. The maximum Gasteiger partial charge on any atom is 0.252 e. The average Bonchev–Trinajstić information content (AvgIpc) is 3.62. The highest BCUT2D eigenvalue weighted by Gasteiger charge is 2.47. The first-order chi connectivity index (χ1) is 28.3. The Morgan fingerprint density at radius 3 is 1.72 bits per heavy atom. The summed E-state index contributed by atoms with van der Waals surface area (Å²) in [5.41, 5.74) is 19.0. The highest BCUT2D eigenvalue weighted by atomic mass is 15.2. The van der Waals surface area contributed by atoms with Crippen molar-refractivity contribution < 1.29 is 0 Å². The lowest BCUT2D eigenvalue weighted by atomic mass is 9.29. The number of hydrogen-bond donors (Lipinski definition) is 0. The average molecular weight is 721 g/mol. The lowest BCUT2D eigenvalue weighted by molar-refractivity contribution is 1.18. The second-order valence-electron chi connectivity index (χ2n) is 15.6. The van der Waals surface area contributed by atoms with Crippen LogP contribution in [0.2, 0.25) is 0 Å². The minimum atomic E-state index is 0.0212. The zero-order valence-corrected chi connectivity index (χ0v) is 31.0. The molecule has 57 heavy (non-hydrogen) atoms. The first kappa shape index (κ1) is 31.0. The zero-order valence-electron chi connectivity index (χ0n) is 31.0. The lowest BCUT2D eigenvalue weighted by Crippen LogP contribution is -2.66. The van der Waals surface area contributed by atoms with E-state index < -0.39 is 0 Å². The van der Waals surface area contributed by atoms with E-state index in [2.05, 4.69) is 215 Å². The predicted molar refractivity (Wildman–Crippen MR) is 243 cm³/mol. The van der Waals surface area contributed by atoms with Crippen molar-refractivity contribution >= 4 is 113 Å². The van der Waals surface area contributed by atoms with E-state index in [4.69, 9.17) is 0 Å². The van der Waals surface area contributed by atoms with Gasteiger partial charge in [0, 0.05) is 50.6 Å². The van der Waals surface area contributed by atoms with E-state index in [1.807, 2.05) is 0 Å². The third kappa shape index (κ3) is 4.18. The van der Waals surface area contributed by atoms with Gasteiger partial charge in [-0.1, -0.05) is 145 Å². The fourth-order valence-electron chi connectivity index (χ4n) is 10.6. The number of nitrogens with zero attached hydrogens (tertiary/aromatic N) is 3. The van der Waals surface area contributed by atoms with Gasteiger partial charge in [0.1, 0.15) is 0 Å². The van der Waals surface area contributed by atoms with Crippen LogP contribution in [0.5, 0.6) is 0 Å². The molecule has 5 heteroatoms. The number of rotatable bonds is 3. The van der Waals surface area contributed by atoms with Crippen LogP contribution < -0.4 is 42.6 Å². The van der Waals surface area contributed by atoms with Crippen molar-refractivity contribution in [1.82, 2.24) is 4.57 Å². The topological polar surface area (TPSA) is 11.4 Å². The van der Waals surface area contributed by atoms with Gasteiger partial charge in [0.15, 0.2) is 0 Å². The summed E-state index contributed by atoms with van der Waals surface area (Å²) in [6.45, 7) is 0.0681. The largest absolute Gasteiger partial charge is 0.312 e. The molecule has 1 aromatic heterocycles. The molecule has 13 rings (SSSR count). The fourth-order valence-corrected chi connectivity index (χ4v) is 10.6. The molecule has 0 amide bonds. The zero-order chi connectivity index (χ0) is 37.2. The molecule has 3 aliphatic rings. The summed E-state index contributed by atoms with van der Waals surface area (Å²) in [6, 6.07) is 74.5. The normalized spacial score (nSPS) is 13.5. The summed E-state index contributed by atoms with van der Waals surface area (Å²) >= 11 is 0. The molecule has 9 aromatic carbocycles. The molecule has 10 aromatic rings. The molecule has 0 unspecified atom stereocenters. The Morgan fingerprint density at radius 2 is 0.930 bits per heavy atom. The Balaban J connectivity index is 1.19. The molecule has 3 aliphatic heterocycles. The predicted octanol–water partition coefficient (Wildman–Crippen LogP) is 8.85. The van der Waals surface area contributed by atoms with E-state index in [-0.39, 0.29) is 13.4 Å². The van der Waals surface area contributed by atoms with E-state index in [1.54, 1.807) is 0 Å². The van der Waals surface area contributed by atoms with Crippen molar-refractivity contribution in [1.29, 1.82) is 0 Å². The van der Waals surface area contributed by atoms with Gasteiger partial charge >= 0.3 is 0 Å². The molecule has 0 atom stereocenters. The van der Waals surface area contributed by atoms with Crippen molar-refractivity contribution in [3.05, 3.63) is 200 Å². The summed E-state index contributed by atoms with van der Waals surface area (Å²) in [4.78, 5) is 5.07. The third-order valence-electron chi connectivity index (χ3n) is 12.8. The Bertz CT molecular complexity index is 3280. The molecule has 0 N–H and O–H groups in total. The molecule has 262 valence electrons. The van der Waals surface area contributed by atoms with Crippen LogP contribution in [0, 0.1) is 0 Å². The van der Waals surface area contributed by atoms with Crippen molar-refractivity contribution in [2.45, 2.75) is 0 Å². The van der Waals surface area contributed by atoms with Crippen LogP contribution in [-0.2, 0) is 0 Å². The standard InChI is InChI=1S/C52H33B2N3/c1-3-17-35(18-4-1)53-40-23-10-14-27-46(40)57-49-29-15-28-48-51(49)54(41-24-11-13-26-45(41)55(48)36-19-5-2-6-20-36)43-33-37(32-42(53)52(43)57)56-44-25-12-9-22-39(44)50-38-21-8-7-16-34(38)30-31-47(50)56/h1-33H. The SMILES string of the molecule is c1ccc(B2c3ccccc3N3c4cccc5c4B(c4ccccc4N5c4ccccc4)c4cc(-n5c6ccccc6c6c7ccccc7ccc65)cc2c43)cc1. The summed E-state index contributed by atoms with van der Waals surface area (Å²) in [7, 11) is 0. The molecule has 0 fully saturated rings. The summed E-state index contributed by atoms with van der Waals surface area (Å²) in [5.74, 6) is 0. The van der Waals surface area contributed by atoms with Gasteiger partial charge in [0.2, 0.25) is 6.71 Å². The summed E-state index contributed by atoms with van der Waals surface area (Å²) in [5, 5.41) is 5.12. The second-order valence-corrected chi connectivity index (χ2v) is 15.6. The summed E-state index contributed by atoms with van der Waals surface area (Å²) in [6.07, 6.45) is 0. The van der Waals surface area contributed by atoms with Crippen LogP contribution in [0.1, 0.15) is 0 Å². The van der Waals surface area contributed by atoms with Crippen LogP contribution in [0.3, 0.4) is 0 Å². The molecule has 0 spiro atoms. The van der Waals surface area contributed by atoms with Crippen LogP contribution in [0.25, 0.3) is 38.3 Å². The fraction of sp³-hybridized carbons (Fsp3) is 0. The van der Waals surface area contributed by atoms with Crippen LogP contribution in [0.4, 0.5) is 34.1 Å². The summed E-state index contributed by atoms with van der Waals surface area (Å²) < 4.78 is 2.53. The number of benzene rings is 9. The van der Waals surface area contributed by atoms with Gasteiger partial charge in [-0.25, -0.2) is 0 Å². The quantitative estimate of drug-likeness (QED) is 0.169. The van der Waals surface area contributed by atoms with E-state index >= 15 is 0 Å². The van der Waals surface area contributed by atoms with Crippen LogP contribution >= 0.6 is 0 Å². The maximum atomic E-state index is 2.59. The van der Waals surface area contributed by atoms with E-state index in [9.17, 15) is 0 Å². The van der Waals surface area contributed by atoms with E-state index in [0.29, 0.717) is 0 Å². The van der Waals surface area contributed by atoms with Crippen molar-refractivity contribution in [2.24, 2.45) is 0 Å². The Labute approximate surface area is 331 Å². The van der Waals surface area contributed by atoms with Gasteiger partial charge in [-0.3, -0.25) is 0 Å². The number of anilines is 6. The Morgan fingerprint density at radius 1 is 0.351 bits per heavy atom. The number of aromatic nitrogens is 1. The minimum Gasteiger partial charge on any atom is -0.312 e. The first-order valence-corrected chi connectivity index (χ1v) is 19.9. The van der Waals surface area contributed by atoms with Gasteiger partial charge in [0.05, 0.1) is 11.0 Å². The van der Waals surface area contributed by atoms with E-state index in [1.165, 1.54) is 99.5 Å². The van der Waals surface area contributed by atoms with E-state index in [0.717, 1.165) is 5.69 Å². The van der Waals surface area contributed by atoms with Gasteiger partial charge in [-0.2, -0.15) is 0 Å². The van der Waals surface area contributed by atoms with Crippen molar-refractivity contribution in [3.8, 4) is 5.69 Å². The molecule has 0 saturated carbocycles.